The minimum absolute atomic E-state index is 0.0769. The zero-order chi connectivity index (χ0) is 19.6. The van der Waals surface area contributed by atoms with Crippen LogP contribution >= 0.6 is 0 Å². The van der Waals surface area contributed by atoms with Crippen LogP contribution in [0.4, 0.5) is 5.82 Å². The first-order valence-electron chi connectivity index (χ1n) is 10.6. The zero-order valence-electron chi connectivity index (χ0n) is 16.9. The second-order valence-corrected chi connectivity index (χ2v) is 8.22. The average Bonchev–Trinajstić information content (AvgIpc) is 3.15. The van der Waals surface area contributed by atoms with Crippen LogP contribution in [0.2, 0.25) is 0 Å². The van der Waals surface area contributed by atoms with E-state index in [1.807, 2.05) is 6.92 Å². The molecule has 3 aromatic rings. The number of hydrogen-bond acceptors (Lipinski definition) is 5. The van der Waals surface area contributed by atoms with Crippen molar-refractivity contribution in [2.45, 2.75) is 44.8 Å². The van der Waals surface area contributed by atoms with Crippen molar-refractivity contribution < 1.29 is 9.47 Å². The number of hydrogen-bond donors (Lipinski definition) is 2. The lowest BCUT2D eigenvalue weighted by Gasteiger charge is -2.35. The summed E-state index contributed by atoms with van der Waals surface area (Å²) < 4.78 is 12.0. The summed E-state index contributed by atoms with van der Waals surface area (Å²) >= 11 is 0. The van der Waals surface area contributed by atoms with Crippen molar-refractivity contribution in [2.75, 3.05) is 25.1 Å². The Hall–Kier alpha value is -2.44. The lowest BCUT2D eigenvalue weighted by molar-refractivity contribution is -0.0224. The fourth-order valence-electron chi connectivity index (χ4n) is 4.59. The summed E-state index contributed by atoms with van der Waals surface area (Å²) in [6, 6.07) is 10.9. The third-order valence-corrected chi connectivity index (χ3v) is 6.20. The quantitative estimate of drug-likeness (QED) is 0.682. The van der Waals surface area contributed by atoms with E-state index < -0.39 is 0 Å². The van der Waals surface area contributed by atoms with Gasteiger partial charge in [0.05, 0.1) is 24.1 Å². The van der Waals surface area contributed by atoms with Crippen LogP contribution in [0.1, 0.15) is 42.1 Å². The zero-order valence-corrected chi connectivity index (χ0v) is 16.9. The molecule has 29 heavy (non-hydrogen) atoms. The molecule has 1 aliphatic heterocycles. The first-order valence-corrected chi connectivity index (χ1v) is 10.6. The number of rotatable bonds is 5. The number of fused-ring (bicyclic) bond motifs is 2. The van der Waals surface area contributed by atoms with Crippen molar-refractivity contribution >= 4 is 16.9 Å². The lowest BCUT2D eigenvalue weighted by Crippen LogP contribution is -2.35. The number of ether oxygens (including phenoxy) is 2. The molecular weight excluding hydrogens is 364 g/mol. The van der Waals surface area contributed by atoms with Gasteiger partial charge >= 0.3 is 0 Å². The van der Waals surface area contributed by atoms with Gasteiger partial charge in [0.2, 0.25) is 0 Å². The van der Waals surface area contributed by atoms with Crippen LogP contribution in [0.15, 0.2) is 36.7 Å². The minimum atomic E-state index is 0.0769. The molecule has 1 aliphatic carbocycles. The van der Waals surface area contributed by atoms with Crippen LogP contribution in [0.25, 0.3) is 11.0 Å². The lowest BCUT2D eigenvalue weighted by atomic mass is 9.85. The van der Waals surface area contributed by atoms with E-state index in [1.165, 1.54) is 11.1 Å². The molecule has 0 amide bonds. The van der Waals surface area contributed by atoms with E-state index in [-0.39, 0.29) is 12.1 Å². The van der Waals surface area contributed by atoms with Crippen molar-refractivity contribution in [3.63, 3.8) is 0 Å². The maximum atomic E-state index is 6.51. The Labute approximate surface area is 171 Å². The summed E-state index contributed by atoms with van der Waals surface area (Å²) in [5, 5.41) is 4.73. The third-order valence-electron chi connectivity index (χ3n) is 6.20. The molecule has 0 bridgehead atoms. The smallest absolute Gasteiger partial charge is 0.143 e. The highest BCUT2D eigenvalue weighted by Crippen LogP contribution is 2.36. The largest absolute Gasteiger partial charge is 0.381 e. The number of anilines is 1. The second kappa shape index (κ2) is 8.13. The molecule has 1 aromatic carbocycles. The van der Waals surface area contributed by atoms with Crippen LogP contribution in [-0.2, 0) is 15.9 Å². The van der Waals surface area contributed by atoms with Crippen LogP contribution < -0.4 is 5.32 Å². The van der Waals surface area contributed by atoms with Crippen molar-refractivity contribution in [2.24, 2.45) is 5.92 Å². The van der Waals surface area contributed by atoms with Gasteiger partial charge in [0, 0.05) is 18.9 Å². The molecule has 1 fully saturated rings. The SMILES string of the molecule is Cc1cc2c(N[C@H]3c4ccccc4CC[C@@H]3OCC3CCOCC3)ncnc2[nH]1. The molecular formula is C23H28N4O2. The summed E-state index contributed by atoms with van der Waals surface area (Å²) in [5.41, 5.74) is 4.66. The van der Waals surface area contributed by atoms with Crippen molar-refractivity contribution in [3.8, 4) is 0 Å². The first kappa shape index (κ1) is 18.6. The Morgan fingerprint density at radius 3 is 2.93 bits per heavy atom. The third kappa shape index (κ3) is 3.87. The van der Waals surface area contributed by atoms with Crippen molar-refractivity contribution in [3.05, 3.63) is 53.5 Å². The molecule has 2 N–H and O–H groups in total. The summed E-state index contributed by atoms with van der Waals surface area (Å²) in [5.74, 6) is 1.46. The fraction of sp³-hybridized carbons (Fsp3) is 0.478. The number of benzene rings is 1. The van der Waals surface area contributed by atoms with E-state index >= 15 is 0 Å². The number of H-pyrrole nitrogens is 1. The van der Waals surface area contributed by atoms with Gasteiger partial charge in [-0.2, -0.15) is 0 Å². The monoisotopic (exact) mass is 392 g/mol. The molecule has 2 atom stereocenters. The number of nitrogens with one attached hydrogen (secondary N) is 2. The summed E-state index contributed by atoms with van der Waals surface area (Å²) in [6.07, 6.45) is 5.99. The highest BCUT2D eigenvalue weighted by atomic mass is 16.5. The molecule has 0 radical (unpaired) electrons. The molecule has 152 valence electrons. The Balaban J connectivity index is 1.42. The van der Waals surface area contributed by atoms with E-state index in [9.17, 15) is 0 Å². The maximum Gasteiger partial charge on any atom is 0.143 e. The molecule has 0 unspecified atom stereocenters. The molecule has 6 nitrogen and oxygen atoms in total. The standard InChI is InChI=1S/C23H28N4O2/c1-15-12-19-22(26-15)24-14-25-23(19)27-21-18-5-3-2-4-17(18)6-7-20(21)29-13-16-8-10-28-11-9-16/h2-5,12,14,16,20-21H,6-11,13H2,1H3,(H2,24,25,26,27)/t20-,21-/m0/s1. The number of aryl methyl sites for hydroxylation is 2. The summed E-state index contributed by atoms with van der Waals surface area (Å²) in [4.78, 5) is 12.2. The highest BCUT2D eigenvalue weighted by molar-refractivity contribution is 5.87. The van der Waals surface area contributed by atoms with Crippen LogP contribution in [0.5, 0.6) is 0 Å². The molecule has 2 aromatic heterocycles. The summed E-state index contributed by atoms with van der Waals surface area (Å²) in [6.45, 7) is 4.56. The van der Waals surface area contributed by atoms with Gasteiger partial charge in [-0.05, 0) is 55.7 Å². The van der Waals surface area contributed by atoms with E-state index in [1.54, 1.807) is 6.33 Å². The van der Waals surface area contributed by atoms with E-state index in [0.29, 0.717) is 5.92 Å². The Morgan fingerprint density at radius 2 is 2.03 bits per heavy atom. The second-order valence-electron chi connectivity index (χ2n) is 8.22. The van der Waals surface area contributed by atoms with E-state index in [0.717, 1.165) is 68.0 Å². The number of aromatic nitrogens is 3. The van der Waals surface area contributed by atoms with Gasteiger partial charge in [-0.15, -0.1) is 0 Å². The van der Waals surface area contributed by atoms with Crippen LogP contribution in [0, 0.1) is 12.8 Å². The Morgan fingerprint density at radius 1 is 1.17 bits per heavy atom. The van der Waals surface area contributed by atoms with Gasteiger partial charge in [0.15, 0.2) is 0 Å². The van der Waals surface area contributed by atoms with Gasteiger partial charge in [-0.3, -0.25) is 0 Å². The molecule has 3 heterocycles. The Kier molecular flexibility index (Phi) is 5.21. The van der Waals surface area contributed by atoms with Crippen LogP contribution in [-0.4, -0.2) is 40.9 Å². The van der Waals surface area contributed by atoms with Gasteiger partial charge in [-0.1, -0.05) is 24.3 Å². The molecule has 0 saturated carbocycles. The van der Waals surface area contributed by atoms with E-state index in [2.05, 4.69) is 50.6 Å². The molecule has 2 aliphatic rings. The van der Waals surface area contributed by atoms with Gasteiger partial charge in [0.25, 0.3) is 0 Å². The van der Waals surface area contributed by atoms with Gasteiger partial charge < -0.3 is 19.8 Å². The Bertz CT molecular complexity index is 980. The fourth-order valence-corrected chi connectivity index (χ4v) is 4.59. The van der Waals surface area contributed by atoms with Crippen molar-refractivity contribution in [1.29, 1.82) is 0 Å². The molecule has 1 saturated heterocycles. The minimum Gasteiger partial charge on any atom is -0.381 e. The van der Waals surface area contributed by atoms with E-state index in [4.69, 9.17) is 9.47 Å². The molecule has 0 spiro atoms. The van der Waals surface area contributed by atoms with Gasteiger partial charge in [0.1, 0.15) is 17.8 Å². The number of aromatic amines is 1. The first-order chi connectivity index (χ1) is 14.3. The topological polar surface area (TPSA) is 72.1 Å². The average molecular weight is 393 g/mol. The summed E-state index contributed by atoms with van der Waals surface area (Å²) in [7, 11) is 0. The number of nitrogens with zero attached hydrogens (tertiary/aromatic N) is 2. The van der Waals surface area contributed by atoms with Gasteiger partial charge in [-0.25, -0.2) is 9.97 Å². The maximum absolute atomic E-state index is 6.51. The van der Waals surface area contributed by atoms with Crippen molar-refractivity contribution in [1.82, 2.24) is 15.0 Å². The molecule has 6 heteroatoms. The van der Waals surface area contributed by atoms with Crippen LogP contribution in [0.3, 0.4) is 0 Å². The molecule has 5 rings (SSSR count). The highest BCUT2D eigenvalue weighted by Gasteiger charge is 2.31. The predicted molar refractivity (Wildman–Crippen MR) is 113 cm³/mol. The predicted octanol–water partition coefficient (Wildman–Crippen LogP) is 4.18. The normalized spacial score (nSPS) is 22.5.